The lowest BCUT2D eigenvalue weighted by atomic mass is 10.1. The monoisotopic (exact) mass is 272 g/mol. The molecule has 1 unspecified atom stereocenters. The van der Waals surface area contributed by atoms with Crippen molar-refractivity contribution in [2.75, 3.05) is 12.4 Å². The Morgan fingerprint density at radius 1 is 1.10 bits per heavy atom. The van der Waals surface area contributed by atoms with E-state index in [-0.39, 0.29) is 0 Å². The summed E-state index contributed by atoms with van der Waals surface area (Å²) in [5.74, 6) is -0.676. The number of aryl methyl sites for hydroxylation is 1. The van der Waals surface area contributed by atoms with Crippen LogP contribution in [0.3, 0.4) is 0 Å². The highest BCUT2D eigenvalue weighted by Crippen LogP contribution is 2.18. The molecule has 2 aromatic rings. The molecular weight excluding hydrogens is 252 g/mol. The van der Waals surface area contributed by atoms with E-state index in [9.17, 15) is 5.11 Å². The normalized spacial score (nSPS) is 13.6. The average molecular weight is 272 g/mol. The molecule has 0 aliphatic heterocycles. The molecule has 0 aromatic heterocycles. The number of ether oxygens (including phenoxy) is 1. The molecule has 4 nitrogen and oxygen atoms in total. The Kier molecular flexibility index (Phi) is 4.61. The second-order valence-corrected chi connectivity index (χ2v) is 4.76. The van der Waals surface area contributed by atoms with Crippen LogP contribution in [-0.2, 0) is 6.42 Å². The van der Waals surface area contributed by atoms with Crippen LogP contribution in [0.25, 0.3) is 0 Å². The Labute approximate surface area is 119 Å². The Hall–Kier alpha value is -2.04. The van der Waals surface area contributed by atoms with Gasteiger partial charge in [-0.3, -0.25) is 5.73 Å². The van der Waals surface area contributed by atoms with Crippen LogP contribution in [0.1, 0.15) is 12.0 Å². The maximum atomic E-state index is 10.2. The molecule has 0 aliphatic rings. The van der Waals surface area contributed by atoms with Crippen LogP contribution in [0.2, 0.25) is 0 Å². The molecule has 4 N–H and O–H groups in total. The molecule has 2 rings (SSSR count). The first-order valence-corrected chi connectivity index (χ1v) is 6.56. The van der Waals surface area contributed by atoms with Crippen molar-refractivity contribution in [3.05, 3.63) is 60.2 Å². The van der Waals surface area contributed by atoms with Crippen molar-refractivity contribution in [2.24, 2.45) is 5.73 Å². The zero-order chi connectivity index (χ0) is 14.4. The lowest BCUT2D eigenvalue weighted by Gasteiger charge is -2.25. The van der Waals surface area contributed by atoms with Crippen LogP contribution in [0.5, 0.6) is 5.75 Å². The summed E-state index contributed by atoms with van der Waals surface area (Å²) in [6.07, 6.45) is 1.13. The molecule has 0 heterocycles. The first kappa shape index (κ1) is 14.4. The van der Waals surface area contributed by atoms with Crippen LogP contribution in [-0.4, -0.2) is 18.1 Å². The minimum absolute atomic E-state index is 0.420. The van der Waals surface area contributed by atoms with Gasteiger partial charge >= 0.3 is 0 Å². The molecular formula is C16H20N2O2. The topological polar surface area (TPSA) is 67.5 Å². The minimum Gasteiger partial charge on any atom is -0.497 e. The van der Waals surface area contributed by atoms with Gasteiger partial charge < -0.3 is 15.2 Å². The first-order valence-electron chi connectivity index (χ1n) is 6.56. The summed E-state index contributed by atoms with van der Waals surface area (Å²) in [5.41, 5.74) is 7.78. The van der Waals surface area contributed by atoms with Gasteiger partial charge in [-0.15, -0.1) is 0 Å². The number of rotatable bonds is 6. The van der Waals surface area contributed by atoms with Crippen LogP contribution in [0.15, 0.2) is 54.6 Å². The van der Waals surface area contributed by atoms with Crippen molar-refractivity contribution in [1.82, 2.24) is 0 Å². The standard InChI is InChI=1S/C16H20N2O2/c1-20-15-9-7-14(8-10-15)18-16(17,19)12-11-13-5-3-2-4-6-13/h2-10,18-19H,11-12,17H2,1H3. The zero-order valence-electron chi connectivity index (χ0n) is 11.5. The predicted molar refractivity (Wildman–Crippen MR) is 80.5 cm³/mol. The highest BCUT2D eigenvalue weighted by Gasteiger charge is 2.20. The maximum absolute atomic E-state index is 10.2. The molecule has 106 valence electrons. The fraction of sp³-hybridized carbons (Fsp3) is 0.250. The predicted octanol–water partition coefficient (Wildman–Crippen LogP) is 2.34. The third-order valence-corrected chi connectivity index (χ3v) is 3.09. The first-order chi connectivity index (χ1) is 9.59. The van der Waals surface area contributed by atoms with Gasteiger partial charge in [-0.2, -0.15) is 0 Å². The molecule has 2 aromatic carbocycles. The molecule has 0 aliphatic carbocycles. The van der Waals surface area contributed by atoms with Gasteiger partial charge in [0.05, 0.1) is 7.11 Å². The smallest absolute Gasteiger partial charge is 0.190 e. The quantitative estimate of drug-likeness (QED) is 0.706. The molecule has 0 fully saturated rings. The van der Waals surface area contributed by atoms with Crippen molar-refractivity contribution in [3.8, 4) is 5.75 Å². The number of benzene rings is 2. The molecule has 0 bridgehead atoms. The van der Waals surface area contributed by atoms with E-state index in [0.29, 0.717) is 12.8 Å². The molecule has 0 amide bonds. The summed E-state index contributed by atoms with van der Waals surface area (Å²) in [6.45, 7) is 0. The molecule has 4 heteroatoms. The SMILES string of the molecule is COc1ccc(NC(N)(O)CCc2ccccc2)cc1. The van der Waals surface area contributed by atoms with Crippen LogP contribution in [0.4, 0.5) is 5.69 Å². The van der Waals surface area contributed by atoms with E-state index in [1.165, 1.54) is 0 Å². The molecule has 0 radical (unpaired) electrons. The van der Waals surface area contributed by atoms with E-state index in [4.69, 9.17) is 10.5 Å². The van der Waals surface area contributed by atoms with Gasteiger partial charge in [0, 0.05) is 12.1 Å². The number of hydrogen-bond donors (Lipinski definition) is 3. The van der Waals surface area contributed by atoms with Gasteiger partial charge in [-0.1, -0.05) is 30.3 Å². The van der Waals surface area contributed by atoms with Crippen molar-refractivity contribution < 1.29 is 9.84 Å². The third-order valence-electron chi connectivity index (χ3n) is 3.09. The number of methoxy groups -OCH3 is 1. The lowest BCUT2D eigenvalue weighted by molar-refractivity contribution is 0.0680. The second-order valence-electron chi connectivity index (χ2n) is 4.76. The van der Waals surface area contributed by atoms with Crippen molar-refractivity contribution in [3.63, 3.8) is 0 Å². The Bertz CT molecular complexity index is 524. The van der Waals surface area contributed by atoms with Crippen molar-refractivity contribution in [2.45, 2.75) is 18.7 Å². The van der Waals surface area contributed by atoms with Crippen LogP contribution < -0.4 is 15.8 Å². The maximum Gasteiger partial charge on any atom is 0.190 e. The minimum atomic E-state index is -1.44. The number of nitrogens with one attached hydrogen (secondary N) is 1. The van der Waals surface area contributed by atoms with Crippen LogP contribution >= 0.6 is 0 Å². The second kappa shape index (κ2) is 6.41. The van der Waals surface area contributed by atoms with Gasteiger partial charge in [-0.05, 0) is 36.2 Å². The van der Waals surface area contributed by atoms with Gasteiger partial charge in [0.1, 0.15) is 5.75 Å². The molecule has 0 saturated heterocycles. The summed E-state index contributed by atoms with van der Waals surface area (Å²) in [4.78, 5) is 0. The molecule has 0 saturated carbocycles. The number of nitrogens with two attached hydrogens (primary N) is 1. The van der Waals surface area contributed by atoms with E-state index < -0.39 is 5.85 Å². The van der Waals surface area contributed by atoms with Crippen LogP contribution in [0, 0.1) is 0 Å². The van der Waals surface area contributed by atoms with E-state index >= 15 is 0 Å². The van der Waals surface area contributed by atoms with Gasteiger partial charge in [0.2, 0.25) is 0 Å². The molecule has 0 spiro atoms. The number of aliphatic hydroxyl groups is 1. The largest absolute Gasteiger partial charge is 0.497 e. The van der Waals surface area contributed by atoms with Crippen molar-refractivity contribution >= 4 is 5.69 Å². The zero-order valence-corrected chi connectivity index (χ0v) is 11.5. The summed E-state index contributed by atoms with van der Waals surface area (Å²) < 4.78 is 5.08. The van der Waals surface area contributed by atoms with Gasteiger partial charge in [0.15, 0.2) is 5.85 Å². The number of anilines is 1. The summed E-state index contributed by atoms with van der Waals surface area (Å²) in [6, 6.07) is 17.2. The third kappa shape index (κ3) is 4.26. The highest BCUT2D eigenvalue weighted by atomic mass is 16.5. The summed E-state index contributed by atoms with van der Waals surface area (Å²) >= 11 is 0. The van der Waals surface area contributed by atoms with E-state index in [2.05, 4.69) is 5.32 Å². The lowest BCUT2D eigenvalue weighted by Crippen LogP contribution is -2.47. The fourth-order valence-corrected chi connectivity index (χ4v) is 1.97. The fourth-order valence-electron chi connectivity index (χ4n) is 1.97. The Morgan fingerprint density at radius 2 is 1.75 bits per heavy atom. The Morgan fingerprint density at radius 3 is 2.35 bits per heavy atom. The Balaban J connectivity index is 1.92. The molecule has 1 atom stereocenters. The average Bonchev–Trinajstić information content (AvgIpc) is 2.47. The van der Waals surface area contributed by atoms with Gasteiger partial charge in [-0.25, -0.2) is 0 Å². The van der Waals surface area contributed by atoms with Gasteiger partial charge in [0.25, 0.3) is 0 Å². The van der Waals surface area contributed by atoms with E-state index in [1.807, 2.05) is 54.6 Å². The summed E-state index contributed by atoms with van der Waals surface area (Å²) in [7, 11) is 1.61. The summed E-state index contributed by atoms with van der Waals surface area (Å²) in [5, 5.41) is 13.1. The van der Waals surface area contributed by atoms with E-state index in [0.717, 1.165) is 17.0 Å². The van der Waals surface area contributed by atoms with Crippen molar-refractivity contribution in [1.29, 1.82) is 0 Å². The number of hydrogen-bond acceptors (Lipinski definition) is 4. The highest BCUT2D eigenvalue weighted by molar-refractivity contribution is 5.47. The molecule has 20 heavy (non-hydrogen) atoms. The van der Waals surface area contributed by atoms with E-state index in [1.54, 1.807) is 7.11 Å².